The van der Waals surface area contributed by atoms with E-state index in [0.717, 1.165) is 17.5 Å². The minimum absolute atomic E-state index is 0.143. The van der Waals surface area contributed by atoms with Crippen molar-refractivity contribution in [1.29, 1.82) is 0 Å². The van der Waals surface area contributed by atoms with E-state index in [4.69, 9.17) is 4.74 Å². The van der Waals surface area contributed by atoms with Gasteiger partial charge in [0.05, 0.1) is 19.1 Å². The monoisotopic (exact) mass is 303 g/mol. The fourth-order valence-corrected chi connectivity index (χ4v) is 3.07. The number of methoxy groups -OCH3 is 1. The van der Waals surface area contributed by atoms with Gasteiger partial charge in [-0.05, 0) is 22.9 Å². The molecule has 0 spiro atoms. The Morgan fingerprint density at radius 1 is 1.24 bits per heavy atom. The number of ether oxygens (including phenoxy) is 1. The molecule has 21 heavy (non-hydrogen) atoms. The number of nitrogens with one attached hydrogen (secondary N) is 1. The van der Waals surface area contributed by atoms with Crippen LogP contribution in [-0.2, 0) is 22.4 Å². The lowest BCUT2D eigenvalue weighted by molar-refractivity contribution is -0.115. The minimum Gasteiger partial charge on any atom is -0.465 e. The molecule has 2 rings (SSSR count). The largest absolute Gasteiger partial charge is 0.465 e. The van der Waals surface area contributed by atoms with Crippen molar-refractivity contribution >= 4 is 28.2 Å². The molecule has 110 valence electrons. The molecule has 4 nitrogen and oxygen atoms in total. The predicted octanol–water partition coefficient (Wildman–Crippen LogP) is 3.28. The van der Waals surface area contributed by atoms with Crippen LogP contribution in [0.1, 0.15) is 28.4 Å². The van der Waals surface area contributed by atoms with Gasteiger partial charge in [0.25, 0.3) is 0 Å². The molecule has 0 radical (unpaired) electrons. The second kappa shape index (κ2) is 7.04. The number of hydrogen-bond donors (Lipinski definition) is 1. The number of thiophene rings is 1. The van der Waals surface area contributed by atoms with Crippen LogP contribution in [0.25, 0.3) is 0 Å². The van der Waals surface area contributed by atoms with E-state index in [2.05, 4.69) is 5.32 Å². The van der Waals surface area contributed by atoms with Crippen LogP contribution in [-0.4, -0.2) is 19.0 Å². The Labute approximate surface area is 127 Å². The molecule has 0 fully saturated rings. The highest BCUT2D eigenvalue weighted by Gasteiger charge is 2.20. The highest BCUT2D eigenvalue weighted by molar-refractivity contribution is 7.15. The van der Waals surface area contributed by atoms with Crippen molar-refractivity contribution in [2.24, 2.45) is 0 Å². The Bertz CT molecular complexity index is 634. The number of carbonyl (C=O) groups excluding carboxylic acids is 2. The Kier molecular flexibility index (Phi) is 5.11. The molecule has 0 aliphatic carbocycles. The van der Waals surface area contributed by atoms with Crippen LogP contribution in [0.15, 0.2) is 35.7 Å². The van der Waals surface area contributed by atoms with Gasteiger partial charge in [-0.15, -0.1) is 11.3 Å². The van der Waals surface area contributed by atoms with Crippen LogP contribution in [0.2, 0.25) is 0 Å². The van der Waals surface area contributed by atoms with Gasteiger partial charge >= 0.3 is 5.97 Å². The standard InChI is InChI=1S/C16H17NO3S/c1-3-12-10-21-15(14(12)16(19)20-2)17-13(18)9-11-7-5-4-6-8-11/h4-8,10H,3,9H2,1-2H3,(H,17,18). The van der Waals surface area contributed by atoms with E-state index >= 15 is 0 Å². The van der Waals surface area contributed by atoms with Crippen LogP contribution >= 0.6 is 11.3 Å². The summed E-state index contributed by atoms with van der Waals surface area (Å²) in [6.07, 6.45) is 0.996. The number of rotatable bonds is 5. The maximum Gasteiger partial charge on any atom is 0.341 e. The van der Waals surface area contributed by atoms with Gasteiger partial charge in [0.2, 0.25) is 5.91 Å². The third-order valence-corrected chi connectivity index (χ3v) is 4.04. The van der Waals surface area contributed by atoms with Crippen LogP contribution in [0, 0.1) is 0 Å². The second-order valence-corrected chi connectivity index (χ2v) is 5.40. The summed E-state index contributed by atoms with van der Waals surface area (Å²) in [5.74, 6) is -0.557. The van der Waals surface area contributed by atoms with Crippen LogP contribution in [0.3, 0.4) is 0 Å². The summed E-state index contributed by atoms with van der Waals surface area (Å²) in [5.41, 5.74) is 2.29. The number of benzene rings is 1. The average Bonchev–Trinajstić information content (AvgIpc) is 2.90. The molecule has 5 heteroatoms. The van der Waals surface area contributed by atoms with Crippen molar-refractivity contribution in [2.75, 3.05) is 12.4 Å². The van der Waals surface area contributed by atoms with Gasteiger partial charge in [0.1, 0.15) is 5.00 Å². The summed E-state index contributed by atoms with van der Waals surface area (Å²) in [7, 11) is 1.34. The Balaban J connectivity index is 2.14. The molecule has 1 N–H and O–H groups in total. The maximum atomic E-state index is 12.1. The first-order valence-electron chi connectivity index (χ1n) is 6.68. The second-order valence-electron chi connectivity index (χ2n) is 4.52. The number of amides is 1. The van der Waals surface area contributed by atoms with Crippen LogP contribution < -0.4 is 5.32 Å². The number of anilines is 1. The van der Waals surface area contributed by atoms with Crippen LogP contribution in [0.4, 0.5) is 5.00 Å². The van der Waals surface area contributed by atoms with Gasteiger partial charge in [-0.3, -0.25) is 4.79 Å². The first-order chi connectivity index (χ1) is 10.2. The molecule has 2 aromatic rings. The molecule has 0 atom stereocenters. The Morgan fingerprint density at radius 2 is 1.95 bits per heavy atom. The lowest BCUT2D eigenvalue weighted by Crippen LogP contribution is -2.16. The van der Waals surface area contributed by atoms with Gasteiger partial charge in [-0.1, -0.05) is 37.3 Å². The molecule has 0 aliphatic heterocycles. The number of esters is 1. The van der Waals surface area contributed by atoms with Crippen molar-refractivity contribution in [3.63, 3.8) is 0 Å². The highest BCUT2D eigenvalue weighted by Crippen LogP contribution is 2.29. The quantitative estimate of drug-likeness (QED) is 0.862. The summed E-state index contributed by atoms with van der Waals surface area (Å²) in [4.78, 5) is 23.9. The molecular weight excluding hydrogens is 286 g/mol. The molecule has 1 heterocycles. The molecule has 0 aliphatic rings. The molecule has 0 saturated heterocycles. The molecule has 0 bridgehead atoms. The van der Waals surface area contributed by atoms with E-state index in [9.17, 15) is 9.59 Å². The van der Waals surface area contributed by atoms with Crippen molar-refractivity contribution < 1.29 is 14.3 Å². The normalized spacial score (nSPS) is 10.2. The third-order valence-electron chi connectivity index (χ3n) is 3.10. The first-order valence-corrected chi connectivity index (χ1v) is 7.56. The summed E-state index contributed by atoms with van der Waals surface area (Å²) >= 11 is 1.35. The topological polar surface area (TPSA) is 55.4 Å². The Morgan fingerprint density at radius 3 is 2.57 bits per heavy atom. The van der Waals surface area contributed by atoms with Crippen LogP contribution in [0.5, 0.6) is 0 Å². The van der Waals surface area contributed by atoms with Gasteiger partial charge in [-0.25, -0.2) is 4.79 Å². The van der Waals surface area contributed by atoms with Gasteiger partial charge in [0, 0.05) is 0 Å². The molecule has 1 amide bonds. The first kappa shape index (κ1) is 15.3. The molecular formula is C16H17NO3S. The van der Waals surface area contributed by atoms with E-state index in [1.165, 1.54) is 18.4 Å². The fourth-order valence-electron chi connectivity index (χ4n) is 2.02. The number of carbonyl (C=O) groups is 2. The zero-order chi connectivity index (χ0) is 15.2. The van der Waals surface area contributed by atoms with Gasteiger partial charge in [-0.2, -0.15) is 0 Å². The van der Waals surface area contributed by atoms with E-state index in [1.54, 1.807) is 0 Å². The lowest BCUT2D eigenvalue weighted by Gasteiger charge is -2.07. The molecule has 0 saturated carbocycles. The minimum atomic E-state index is -0.414. The SMILES string of the molecule is CCc1csc(NC(=O)Cc2ccccc2)c1C(=O)OC. The number of hydrogen-bond acceptors (Lipinski definition) is 4. The van der Waals surface area contributed by atoms with E-state index in [-0.39, 0.29) is 12.3 Å². The zero-order valence-electron chi connectivity index (χ0n) is 12.0. The molecule has 1 aromatic carbocycles. The summed E-state index contributed by atoms with van der Waals surface area (Å²) in [5, 5.41) is 5.24. The summed E-state index contributed by atoms with van der Waals surface area (Å²) in [6, 6.07) is 9.48. The van der Waals surface area contributed by atoms with Crippen molar-refractivity contribution in [3.8, 4) is 0 Å². The fraction of sp³-hybridized carbons (Fsp3) is 0.250. The number of aryl methyl sites for hydroxylation is 1. The predicted molar refractivity (Wildman–Crippen MR) is 83.8 cm³/mol. The smallest absolute Gasteiger partial charge is 0.341 e. The summed E-state index contributed by atoms with van der Waals surface area (Å²) < 4.78 is 4.79. The maximum absolute atomic E-state index is 12.1. The van der Waals surface area contributed by atoms with E-state index < -0.39 is 5.97 Å². The Hall–Kier alpha value is -2.14. The molecule has 0 unspecified atom stereocenters. The van der Waals surface area contributed by atoms with Crippen molar-refractivity contribution in [3.05, 3.63) is 52.4 Å². The van der Waals surface area contributed by atoms with Crippen molar-refractivity contribution in [2.45, 2.75) is 19.8 Å². The zero-order valence-corrected chi connectivity index (χ0v) is 12.8. The van der Waals surface area contributed by atoms with Gasteiger partial charge < -0.3 is 10.1 Å². The third kappa shape index (κ3) is 3.70. The molecule has 1 aromatic heterocycles. The average molecular weight is 303 g/mol. The lowest BCUT2D eigenvalue weighted by atomic mass is 10.1. The summed E-state index contributed by atoms with van der Waals surface area (Å²) in [6.45, 7) is 1.96. The van der Waals surface area contributed by atoms with E-state index in [0.29, 0.717) is 10.6 Å². The van der Waals surface area contributed by atoms with E-state index in [1.807, 2.05) is 42.6 Å². The highest BCUT2D eigenvalue weighted by atomic mass is 32.1. The van der Waals surface area contributed by atoms with Crippen molar-refractivity contribution in [1.82, 2.24) is 0 Å². The van der Waals surface area contributed by atoms with Gasteiger partial charge in [0.15, 0.2) is 0 Å².